The van der Waals surface area contributed by atoms with Crippen LogP contribution < -0.4 is 15.5 Å². The van der Waals surface area contributed by atoms with Crippen LogP contribution in [0, 0.1) is 6.92 Å². The van der Waals surface area contributed by atoms with E-state index in [0.29, 0.717) is 26.1 Å². The van der Waals surface area contributed by atoms with Crippen molar-refractivity contribution in [2.75, 3.05) is 37.7 Å². The third-order valence-electron chi connectivity index (χ3n) is 5.42. The van der Waals surface area contributed by atoms with Gasteiger partial charge in [-0.25, -0.2) is 4.98 Å². The summed E-state index contributed by atoms with van der Waals surface area (Å²) in [4.78, 5) is 35.0. The number of aliphatic hydroxyl groups excluding tert-OH is 1. The third-order valence-corrected chi connectivity index (χ3v) is 6.30. The number of piperazine rings is 1. The molecule has 0 bridgehead atoms. The van der Waals surface area contributed by atoms with E-state index in [4.69, 9.17) is 10.1 Å². The summed E-state index contributed by atoms with van der Waals surface area (Å²) in [6.07, 6.45) is 2.18. The standard InChI is InChI=1S/C21H31N5O3S/c1-4-15-18(14(3)28)13(2)24-19(15)16-12-30-21(25-16)26-9-8-22-11-17(26)20(29)23-7-5-6-10-27/h12,17,22,24,27H,4-11H2,1-3H3,(H,23,29)/t17-/m1/s1. The zero-order valence-electron chi connectivity index (χ0n) is 17.9. The second-order valence-corrected chi connectivity index (χ2v) is 8.38. The average Bonchev–Trinajstić information content (AvgIpc) is 3.35. The molecule has 0 radical (unpaired) electrons. The first-order valence-corrected chi connectivity index (χ1v) is 11.4. The highest BCUT2D eigenvalue weighted by molar-refractivity contribution is 7.14. The topological polar surface area (TPSA) is 110 Å². The van der Waals surface area contributed by atoms with Gasteiger partial charge < -0.3 is 25.6 Å². The highest BCUT2D eigenvalue weighted by atomic mass is 32.1. The zero-order chi connectivity index (χ0) is 21.7. The number of unbranched alkanes of at least 4 members (excludes halogenated alkanes) is 1. The van der Waals surface area contributed by atoms with Crippen molar-refractivity contribution in [3.63, 3.8) is 0 Å². The number of aryl methyl sites for hydroxylation is 1. The summed E-state index contributed by atoms with van der Waals surface area (Å²) in [6, 6.07) is -0.323. The molecule has 164 valence electrons. The van der Waals surface area contributed by atoms with Crippen LogP contribution in [-0.4, -0.2) is 65.6 Å². The molecular weight excluding hydrogens is 402 g/mol. The Bertz CT molecular complexity index is 891. The fraction of sp³-hybridized carbons (Fsp3) is 0.571. The van der Waals surface area contributed by atoms with Crippen molar-refractivity contribution in [3.05, 3.63) is 22.2 Å². The highest BCUT2D eigenvalue weighted by Crippen LogP contribution is 2.33. The Kier molecular flexibility index (Phi) is 7.63. The third kappa shape index (κ3) is 4.74. The van der Waals surface area contributed by atoms with Gasteiger partial charge in [-0.2, -0.15) is 0 Å². The Hall–Kier alpha value is -2.23. The lowest BCUT2D eigenvalue weighted by Gasteiger charge is -2.35. The molecule has 2 aromatic heterocycles. The number of carbonyl (C=O) groups excluding carboxylic acids is 2. The van der Waals surface area contributed by atoms with Crippen LogP contribution in [0.25, 0.3) is 11.4 Å². The molecule has 0 spiro atoms. The van der Waals surface area contributed by atoms with Gasteiger partial charge in [0.15, 0.2) is 10.9 Å². The lowest BCUT2D eigenvalue weighted by atomic mass is 10.0. The molecule has 0 aliphatic carbocycles. The van der Waals surface area contributed by atoms with Crippen molar-refractivity contribution in [1.82, 2.24) is 20.6 Å². The molecule has 1 fully saturated rings. The molecule has 1 saturated heterocycles. The summed E-state index contributed by atoms with van der Waals surface area (Å²) < 4.78 is 0. The van der Waals surface area contributed by atoms with Crippen LogP contribution in [0.4, 0.5) is 5.13 Å². The minimum absolute atomic E-state index is 0.0271. The molecule has 1 aliphatic rings. The molecule has 0 aromatic carbocycles. The number of H-pyrrole nitrogens is 1. The van der Waals surface area contributed by atoms with E-state index >= 15 is 0 Å². The van der Waals surface area contributed by atoms with E-state index in [0.717, 1.165) is 52.7 Å². The van der Waals surface area contributed by atoms with Gasteiger partial charge in [0.2, 0.25) is 5.91 Å². The van der Waals surface area contributed by atoms with Crippen molar-refractivity contribution in [2.24, 2.45) is 0 Å². The molecule has 0 unspecified atom stereocenters. The minimum atomic E-state index is -0.323. The summed E-state index contributed by atoms with van der Waals surface area (Å²) >= 11 is 1.52. The Morgan fingerprint density at radius 2 is 2.20 bits per heavy atom. The van der Waals surface area contributed by atoms with Gasteiger partial charge in [-0.05, 0) is 38.7 Å². The number of nitrogens with one attached hydrogen (secondary N) is 3. The predicted molar refractivity (Wildman–Crippen MR) is 119 cm³/mol. The molecule has 8 nitrogen and oxygen atoms in total. The van der Waals surface area contributed by atoms with E-state index in [2.05, 4.69) is 20.5 Å². The quantitative estimate of drug-likeness (QED) is 0.355. The maximum atomic E-state index is 12.7. The van der Waals surface area contributed by atoms with Crippen molar-refractivity contribution >= 4 is 28.2 Å². The largest absolute Gasteiger partial charge is 0.396 e. The Morgan fingerprint density at radius 1 is 1.40 bits per heavy atom. The first-order chi connectivity index (χ1) is 14.5. The monoisotopic (exact) mass is 433 g/mol. The number of anilines is 1. The molecular formula is C21H31N5O3S. The van der Waals surface area contributed by atoms with E-state index in [-0.39, 0.29) is 24.3 Å². The molecule has 0 saturated carbocycles. The molecule has 4 N–H and O–H groups in total. The van der Waals surface area contributed by atoms with Crippen LogP contribution in [0.2, 0.25) is 0 Å². The number of hydrogen-bond acceptors (Lipinski definition) is 7. The molecule has 1 amide bonds. The molecule has 3 rings (SSSR count). The molecule has 30 heavy (non-hydrogen) atoms. The second kappa shape index (κ2) is 10.2. The summed E-state index contributed by atoms with van der Waals surface area (Å²) in [5.41, 5.74) is 4.32. The van der Waals surface area contributed by atoms with Gasteiger partial charge in [-0.1, -0.05) is 6.92 Å². The van der Waals surface area contributed by atoms with Crippen LogP contribution in [0.3, 0.4) is 0 Å². The number of aliphatic hydroxyl groups is 1. The minimum Gasteiger partial charge on any atom is -0.396 e. The van der Waals surface area contributed by atoms with Gasteiger partial charge in [0, 0.05) is 49.4 Å². The van der Waals surface area contributed by atoms with Crippen molar-refractivity contribution in [2.45, 2.75) is 46.1 Å². The van der Waals surface area contributed by atoms with E-state index < -0.39 is 0 Å². The summed E-state index contributed by atoms with van der Waals surface area (Å²) in [5, 5.41) is 17.9. The Balaban J connectivity index is 1.81. The Labute approximate surface area is 181 Å². The van der Waals surface area contributed by atoms with Gasteiger partial charge in [0.25, 0.3) is 0 Å². The van der Waals surface area contributed by atoms with Gasteiger partial charge in [0.1, 0.15) is 11.7 Å². The van der Waals surface area contributed by atoms with E-state index in [1.54, 1.807) is 6.92 Å². The number of aromatic nitrogens is 2. The summed E-state index contributed by atoms with van der Waals surface area (Å²) in [5.74, 6) is 0.0306. The zero-order valence-corrected chi connectivity index (χ0v) is 18.7. The SMILES string of the molecule is CCc1c(-c2csc(N3CCNC[C@@H]3C(=O)NCCCCO)n2)[nH]c(C)c1C(C)=O. The molecule has 1 aliphatic heterocycles. The maximum Gasteiger partial charge on any atom is 0.244 e. The number of amides is 1. The predicted octanol–water partition coefficient (Wildman–Crippen LogP) is 1.88. The molecule has 2 aromatic rings. The van der Waals surface area contributed by atoms with Crippen LogP contribution in [0.15, 0.2) is 5.38 Å². The van der Waals surface area contributed by atoms with Gasteiger partial charge in [0.05, 0.1) is 5.69 Å². The number of nitrogens with zero attached hydrogens (tertiary/aromatic N) is 2. The highest BCUT2D eigenvalue weighted by Gasteiger charge is 2.31. The first kappa shape index (κ1) is 22.5. The van der Waals surface area contributed by atoms with Crippen LogP contribution in [0.5, 0.6) is 0 Å². The maximum absolute atomic E-state index is 12.7. The van der Waals surface area contributed by atoms with E-state index in [1.807, 2.05) is 19.2 Å². The van der Waals surface area contributed by atoms with Gasteiger partial charge >= 0.3 is 0 Å². The number of aromatic amines is 1. The first-order valence-electron chi connectivity index (χ1n) is 10.5. The Morgan fingerprint density at radius 3 is 2.90 bits per heavy atom. The molecule has 1 atom stereocenters. The van der Waals surface area contributed by atoms with Crippen molar-refractivity contribution < 1.29 is 14.7 Å². The number of Topliss-reactive ketones (excluding diaryl/α,β-unsaturated/α-hetero) is 1. The van der Waals surface area contributed by atoms with Gasteiger partial charge in [-0.15, -0.1) is 11.3 Å². The molecule has 3 heterocycles. The number of thiazole rings is 1. The summed E-state index contributed by atoms with van der Waals surface area (Å²) in [7, 11) is 0. The van der Waals surface area contributed by atoms with Gasteiger partial charge in [-0.3, -0.25) is 9.59 Å². The van der Waals surface area contributed by atoms with Crippen molar-refractivity contribution in [1.29, 1.82) is 0 Å². The van der Waals surface area contributed by atoms with Crippen LogP contribution in [0.1, 0.15) is 48.3 Å². The number of hydrogen-bond donors (Lipinski definition) is 4. The number of ketones is 1. The lowest BCUT2D eigenvalue weighted by molar-refractivity contribution is -0.122. The number of rotatable bonds is 9. The second-order valence-electron chi connectivity index (χ2n) is 7.54. The molecule has 9 heteroatoms. The summed E-state index contributed by atoms with van der Waals surface area (Å²) in [6.45, 7) is 8.30. The van der Waals surface area contributed by atoms with Crippen LogP contribution in [-0.2, 0) is 11.2 Å². The van der Waals surface area contributed by atoms with Crippen molar-refractivity contribution in [3.8, 4) is 11.4 Å². The van der Waals surface area contributed by atoms with E-state index in [9.17, 15) is 9.59 Å². The fourth-order valence-corrected chi connectivity index (χ4v) is 4.86. The average molecular weight is 434 g/mol. The van der Waals surface area contributed by atoms with E-state index in [1.165, 1.54) is 11.3 Å². The van der Waals surface area contributed by atoms with Crippen LogP contribution >= 0.6 is 11.3 Å². The normalized spacial score (nSPS) is 16.7. The number of carbonyl (C=O) groups is 2. The smallest absolute Gasteiger partial charge is 0.244 e. The lowest BCUT2D eigenvalue weighted by Crippen LogP contribution is -2.58. The fourth-order valence-electron chi connectivity index (χ4n) is 3.97.